The molecular formula is C15H21N3O2. The van der Waals surface area contributed by atoms with E-state index in [1.807, 2.05) is 6.07 Å². The van der Waals surface area contributed by atoms with Gasteiger partial charge >= 0.3 is 0 Å². The van der Waals surface area contributed by atoms with Crippen molar-refractivity contribution in [3.05, 3.63) is 18.5 Å². The van der Waals surface area contributed by atoms with Crippen LogP contribution in [0.15, 0.2) is 18.5 Å². The second-order valence-electron chi connectivity index (χ2n) is 5.12. The van der Waals surface area contributed by atoms with Crippen LogP contribution in [0, 0.1) is 0 Å². The van der Waals surface area contributed by atoms with E-state index in [-0.39, 0.29) is 11.8 Å². The summed E-state index contributed by atoms with van der Waals surface area (Å²) in [6.07, 6.45) is 7.46. The van der Waals surface area contributed by atoms with Crippen LogP contribution in [0.4, 0.5) is 11.4 Å². The summed E-state index contributed by atoms with van der Waals surface area (Å²) in [7, 11) is 0. The van der Waals surface area contributed by atoms with Gasteiger partial charge in [-0.25, -0.2) is 0 Å². The van der Waals surface area contributed by atoms with Crippen molar-refractivity contribution in [3.63, 3.8) is 0 Å². The number of rotatable bonds is 0. The van der Waals surface area contributed by atoms with Gasteiger partial charge in [0.25, 0.3) is 0 Å². The Morgan fingerprint density at radius 3 is 2.05 bits per heavy atom. The number of amides is 2. The summed E-state index contributed by atoms with van der Waals surface area (Å²) in [6, 6.07) is 1.81. The average molecular weight is 275 g/mol. The number of hydrogen-bond donors (Lipinski definition) is 0. The largest absolute Gasteiger partial charge is 0.311 e. The Kier molecular flexibility index (Phi) is 4.71. The van der Waals surface area contributed by atoms with Crippen LogP contribution >= 0.6 is 0 Å². The number of aromatic nitrogens is 1. The predicted octanol–water partition coefficient (Wildman–Crippen LogP) is 2.36. The average Bonchev–Trinajstić information content (AvgIpc) is 2.42. The topological polar surface area (TPSA) is 53.5 Å². The van der Waals surface area contributed by atoms with Crippen molar-refractivity contribution < 1.29 is 9.59 Å². The van der Waals surface area contributed by atoms with Gasteiger partial charge in [-0.05, 0) is 18.9 Å². The standard InChI is InChI=1S/C15H21N3O2/c1-12(19)17-9-5-3-4-6-10-18(13(2)20)15-11-16-8-7-14(15)17/h7-8,11H,3-6,9-10H2,1-2H3. The van der Waals surface area contributed by atoms with E-state index < -0.39 is 0 Å². The highest BCUT2D eigenvalue weighted by Gasteiger charge is 2.22. The molecule has 108 valence electrons. The first-order valence-corrected chi connectivity index (χ1v) is 7.11. The van der Waals surface area contributed by atoms with Gasteiger partial charge in [-0.15, -0.1) is 0 Å². The molecule has 2 rings (SSSR count). The molecule has 2 amide bonds. The van der Waals surface area contributed by atoms with Crippen LogP contribution in [0.5, 0.6) is 0 Å². The Morgan fingerprint density at radius 1 is 0.950 bits per heavy atom. The van der Waals surface area contributed by atoms with Crippen LogP contribution in [0.25, 0.3) is 0 Å². The fourth-order valence-corrected chi connectivity index (χ4v) is 2.60. The minimum atomic E-state index is -0.0108. The smallest absolute Gasteiger partial charge is 0.223 e. The molecule has 1 aromatic rings. The van der Waals surface area contributed by atoms with Crippen LogP contribution in [0.1, 0.15) is 39.5 Å². The summed E-state index contributed by atoms with van der Waals surface area (Å²) in [5.74, 6) is -0.00940. The Bertz CT molecular complexity index is 457. The van der Waals surface area contributed by atoms with Crippen molar-refractivity contribution in [1.82, 2.24) is 4.98 Å². The van der Waals surface area contributed by atoms with Crippen molar-refractivity contribution in [2.75, 3.05) is 22.9 Å². The van der Waals surface area contributed by atoms with Crippen molar-refractivity contribution in [2.45, 2.75) is 39.5 Å². The molecule has 0 aromatic carbocycles. The van der Waals surface area contributed by atoms with E-state index in [1.165, 1.54) is 0 Å². The summed E-state index contributed by atoms with van der Waals surface area (Å²) in [5, 5.41) is 0. The molecular weight excluding hydrogens is 254 g/mol. The molecule has 0 saturated carbocycles. The summed E-state index contributed by atoms with van der Waals surface area (Å²) in [4.78, 5) is 31.4. The van der Waals surface area contributed by atoms with Gasteiger partial charge in [-0.1, -0.05) is 12.8 Å². The van der Waals surface area contributed by atoms with Crippen LogP contribution in [-0.2, 0) is 9.59 Å². The maximum absolute atomic E-state index is 11.9. The van der Waals surface area contributed by atoms with E-state index in [9.17, 15) is 9.59 Å². The number of nitrogens with zero attached hydrogens (tertiary/aromatic N) is 3. The quantitative estimate of drug-likeness (QED) is 0.730. The second-order valence-corrected chi connectivity index (χ2v) is 5.12. The van der Waals surface area contributed by atoms with Gasteiger partial charge in [0.15, 0.2) is 0 Å². The zero-order valence-electron chi connectivity index (χ0n) is 12.1. The molecule has 0 bridgehead atoms. The molecule has 0 radical (unpaired) electrons. The van der Waals surface area contributed by atoms with Gasteiger partial charge in [0.05, 0.1) is 17.6 Å². The zero-order valence-corrected chi connectivity index (χ0v) is 12.1. The van der Waals surface area contributed by atoms with Crippen LogP contribution < -0.4 is 9.80 Å². The van der Waals surface area contributed by atoms with Gasteiger partial charge in [0.2, 0.25) is 11.8 Å². The molecule has 5 heteroatoms. The Balaban J connectivity index is 2.47. The van der Waals surface area contributed by atoms with E-state index in [0.29, 0.717) is 13.1 Å². The van der Waals surface area contributed by atoms with E-state index >= 15 is 0 Å². The van der Waals surface area contributed by atoms with Crippen LogP contribution in [0.2, 0.25) is 0 Å². The van der Waals surface area contributed by atoms with Crippen molar-refractivity contribution in [3.8, 4) is 0 Å². The monoisotopic (exact) mass is 275 g/mol. The molecule has 1 aliphatic rings. The maximum atomic E-state index is 11.9. The molecule has 5 nitrogen and oxygen atoms in total. The van der Waals surface area contributed by atoms with Gasteiger partial charge in [0, 0.05) is 33.1 Å². The molecule has 0 fully saturated rings. The fourth-order valence-electron chi connectivity index (χ4n) is 2.60. The minimum Gasteiger partial charge on any atom is -0.311 e. The molecule has 0 spiro atoms. The number of carbonyl (C=O) groups excluding carboxylic acids is 2. The molecule has 1 aromatic heterocycles. The lowest BCUT2D eigenvalue weighted by Crippen LogP contribution is -2.35. The third-order valence-corrected chi connectivity index (χ3v) is 3.63. The lowest BCUT2D eigenvalue weighted by atomic mass is 10.1. The van der Waals surface area contributed by atoms with E-state index in [4.69, 9.17) is 0 Å². The SMILES string of the molecule is CC(=O)N1CCCCCCN(C(C)=O)c2cnccc21. The van der Waals surface area contributed by atoms with E-state index in [0.717, 1.165) is 37.1 Å². The van der Waals surface area contributed by atoms with Crippen molar-refractivity contribution in [1.29, 1.82) is 0 Å². The second kappa shape index (κ2) is 6.50. The molecule has 2 heterocycles. The lowest BCUT2D eigenvalue weighted by Gasteiger charge is -2.30. The molecule has 0 atom stereocenters. The molecule has 0 unspecified atom stereocenters. The first-order valence-electron chi connectivity index (χ1n) is 7.11. The van der Waals surface area contributed by atoms with E-state index in [1.54, 1.807) is 36.0 Å². The molecule has 0 aliphatic carbocycles. The van der Waals surface area contributed by atoms with Crippen LogP contribution in [-0.4, -0.2) is 29.9 Å². The van der Waals surface area contributed by atoms with Crippen molar-refractivity contribution >= 4 is 23.2 Å². The van der Waals surface area contributed by atoms with Gasteiger partial charge < -0.3 is 9.80 Å². The Labute approximate surface area is 119 Å². The first kappa shape index (κ1) is 14.5. The van der Waals surface area contributed by atoms with Crippen LogP contribution in [0.3, 0.4) is 0 Å². The number of pyridine rings is 1. The molecule has 0 saturated heterocycles. The normalized spacial score (nSPS) is 16.5. The van der Waals surface area contributed by atoms with Gasteiger partial charge in [-0.2, -0.15) is 0 Å². The molecule has 1 aliphatic heterocycles. The van der Waals surface area contributed by atoms with Gasteiger partial charge in [0.1, 0.15) is 0 Å². The number of fused-ring (bicyclic) bond motifs is 1. The molecule has 20 heavy (non-hydrogen) atoms. The number of hydrogen-bond acceptors (Lipinski definition) is 3. The highest BCUT2D eigenvalue weighted by molar-refractivity contribution is 6.00. The number of carbonyl (C=O) groups is 2. The summed E-state index contributed by atoms with van der Waals surface area (Å²) < 4.78 is 0. The van der Waals surface area contributed by atoms with Gasteiger partial charge in [-0.3, -0.25) is 14.6 Å². The highest BCUT2D eigenvalue weighted by atomic mass is 16.2. The fraction of sp³-hybridized carbons (Fsp3) is 0.533. The third-order valence-electron chi connectivity index (χ3n) is 3.63. The zero-order chi connectivity index (χ0) is 14.5. The Morgan fingerprint density at radius 2 is 1.50 bits per heavy atom. The predicted molar refractivity (Wildman–Crippen MR) is 78.8 cm³/mol. The maximum Gasteiger partial charge on any atom is 0.223 e. The molecule has 0 N–H and O–H groups in total. The lowest BCUT2D eigenvalue weighted by molar-refractivity contribution is -0.117. The van der Waals surface area contributed by atoms with Crippen molar-refractivity contribution in [2.24, 2.45) is 0 Å². The summed E-state index contributed by atoms with van der Waals surface area (Å²) in [5.41, 5.74) is 1.52. The number of anilines is 2. The summed E-state index contributed by atoms with van der Waals surface area (Å²) >= 11 is 0. The first-order chi connectivity index (χ1) is 9.61. The Hall–Kier alpha value is -1.91. The minimum absolute atomic E-state index is 0.00141. The summed E-state index contributed by atoms with van der Waals surface area (Å²) in [6.45, 7) is 4.49. The highest BCUT2D eigenvalue weighted by Crippen LogP contribution is 2.30. The third kappa shape index (κ3) is 3.15. The van der Waals surface area contributed by atoms with E-state index in [2.05, 4.69) is 4.98 Å².